The van der Waals surface area contributed by atoms with Gasteiger partial charge in [-0.2, -0.15) is 0 Å². The van der Waals surface area contributed by atoms with E-state index in [1.807, 2.05) is 0 Å². The van der Waals surface area contributed by atoms with Gasteiger partial charge in [-0.1, -0.05) is 0 Å². The van der Waals surface area contributed by atoms with E-state index in [1.165, 1.54) is 45.4 Å². The number of halogens is 1. The number of benzene rings is 3. The second-order valence-electron chi connectivity index (χ2n) is 8.68. The van der Waals surface area contributed by atoms with Crippen LogP contribution < -0.4 is 15.9 Å². The summed E-state index contributed by atoms with van der Waals surface area (Å²) in [5.41, 5.74) is 1.29. The van der Waals surface area contributed by atoms with Crippen molar-refractivity contribution in [3.63, 3.8) is 0 Å². The molecule has 0 atom stereocenters. The summed E-state index contributed by atoms with van der Waals surface area (Å²) in [5.74, 6) is 1.17. The molecule has 0 aliphatic heterocycles. The van der Waals surface area contributed by atoms with Gasteiger partial charge >= 0.3 is 201 Å². The quantitative estimate of drug-likeness (QED) is 0.237. The third kappa shape index (κ3) is 4.00. The standard InChI is InChI=1S/C29H32BrOP/c1-24(2)22-23-31-28-20-12-13-21-29(28)32(30,25-14-6-3-7-15-25,26-16-8-4-9-17-26)27-18-10-5-11-19-27/h3-11,14-19,22H,12-13,20-21,23H2,1-2H3. The first-order valence-corrected chi connectivity index (χ1v) is 15.7. The molecule has 3 heteroatoms. The summed E-state index contributed by atoms with van der Waals surface area (Å²) in [5, 5.41) is 2.28. The zero-order valence-corrected chi connectivity index (χ0v) is 21.5. The number of allylic oxidation sites excluding steroid dienone is 3. The summed E-state index contributed by atoms with van der Waals surface area (Å²) in [6, 6.07) is 33.1. The molecule has 1 aliphatic carbocycles. The molecule has 0 saturated heterocycles. The molecule has 0 fully saturated rings. The zero-order chi connectivity index (χ0) is 22.5. The summed E-state index contributed by atoms with van der Waals surface area (Å²) in [6.07, 6.45) is 6.55. The van der Waals surface area contributed by atoms with Crippen LogP contribution in [-0.2, 0) is 4.74 Å². The second-order valence-corrected chi connectivity index (χ2v) is 17.0. The van der Waals surface area contributed by atoms with E-state index in [-0.39, 0.29) is 0 Å². The van der Waals surface area contributed by atoms with Crippen LogP contribution in [-0.4, -0.2) is 6.61 Å². The molecule has 0 saturated carbocycles. The first-order chi connectivity index (χ1) is 15.6. The summed E-state index contributed by atoms with van der Waals surface area (Å²) in [7, 11) is 0. The van der Waals surface area contributed by atoms with E-state index in [9.17, 15) is 0 Å². The van der Waals surface area contributed by atoms with Gasteiger partial charge in [0.15, 0.2) is 0 Å². The Balaban J connectivity index is 2.10. The fourth-order valence-corrected chi connectivity index (χ4v) is 13.3. The van der Waals surface area contributed by atoms with Crippen LogP contribution in [0.5, 0.6) is 0 Å². The minimum atomic E-state index is -3.14. The first-order valence-electron chi connectivity index (χ1n) is 11.4. The van der Waals surface area contributed by atoms with E-state index in [1.54, 1.807) is 0 Å². The Morgan fingerprint density at radius 1 is 0.750 bits per heavy atom. The molecule has 0 bridgehead atoms. The minimum absolute atomic E-state index is 0.624. The summed E-state index contributed by atoms with van der Waals surface area (Å²) >= 11 is 4.62. The van der Waals surface area contributed by atoms with E-state index in [2.05, 4.69) is 126 Å². The predicted octanol–water partition coefficient (Wildman–Crippen LogP) is 7.59. The molecule has 0 radical (unpaired) electrons. The van der Waals surface area contributed by atoms with Crippen LogP contribution in [0, 0.1) is 0 Å². The Bertz CT molecular complexity index is 1000. The van der Waals surface area contributed by atoms with Gasteiger partial charge in [0.05, 0.1) is 0 Å². The van der Waals surface area contributed by atoms with E-state index < -0.39 is 5.31 Å². The molecule has 3 aromatic carbocycles. The molecular formula is C29H32BrOP. The average Bonchev–Trinajstić information content (AvgIpc) is 2.85. The maximum absolute atomic E-state index is 6.55. The van der Waals surface area contributed by atoms with Crippen LogP contribution in [0.3, 0.4) is 0 Å². The fraction of sp³-hybridized carbons (Fsp3) is 0.241. The van der Waals surface area contributed by atoms with Crippen molar-refractivity contribution < 1.29 is 4.74 Å². The Labute approximate surface area is 200 Å². The fourth-order valence-electron chi connectivity index (χ4n) is 4.81. The molecule has 1 nitrogen and oxygen atoms in total. The van der Waals surface area contributed by atoms with Crippen molar-refractivity contribution in [2.75, 3.05) is 6.61 Å². The van der Waals surface area contributed by atoms with Gasteiger partial charge in [-0.3, -0.25) is 0 Å². The van der Waals surface area contributed by atoms with Crippen LogP contribution in [0.15, 0.2) is 114 Å². The van der Waals surface area contributed by atoms with Gasteiger partial charge in [-0.25, -0.2) is 0 Å². The Morgan fingerprint density at radius 2 is 1.19 bits per heavy atom. The average molecular weight is 507 g/mol. The Kier molecular flexibility index (Phi) is 7.03. The predicted molar refractivity (Wildman–Crippen MR) is 145 cm³/mol. The van der Waals surface area contributed by atoms with Gasteiger partial charge in [0.25, 0.3) is 0 Å². The molecule has 0 aromatic heterocycles. The van der Waals surface area contributed by atoms with Crippen LogP contribution in [0.1, 0.15) is 39.5 Å². The van der Waals surface area contributed by atoms with Crippen LogP contribution in [0.25, 0.3) is 0 Å². The zero-order valence-electron chi connectivity index (χ0n) is 19.0. The summed E-state index contributed by atoms with van der Waals surface area (Å²) < 4.78 is 6.55. The first kappa shape index (κ1) is 23.0. The number of ether oxygens (including phenoxy) is 1. The van der Waals surface area contributed by atoms with E-state index in [0.717, 1.165) is 12.8 Å². The van der Waals surface area contributed by atoms with Crippen LogP contribution in [0.4, 0.5) is 0 Å². The molecule has 1 aliphatic rings. The SMILES string of the molecule is CC(C)=CCOC1=C(P(Br)(c2ccccc2)(c2ccccc2)c2ccccc2)CCCC1. The molecule has 0 heterocycles. The topological polar surface area (TPSA) is 9.23 Å². The number of hydrogen-bond donors (Lipinski definition) is 0. The molecule has 0 unspecified atom stereocenters. The van der Waals surface area contributed by atoms with Crippen molar-refractivity contribution in [3.05, 3.63) is 114 Å². The number of hydrogen-bond acceptors (Lipinski definition) is 1. The van der Waals surface area contributed by atoms with Crippen molar-refractivity contribution in [3.8, 4) is 0 Å². The third-order valence-corrected chi connectivity index (χ3v) is 16.6. The van der Waals surface area contributed by atoms with Gasteiger partial charge < -0.3 is 0 Å². The van der Waals surface area contributed by atoms with Crippen molar-refractivity contribution in [2.45, 2.75) is 39.5 Å². The van der Waals surface area contributed by atoms with Gasteiger partial charge in [0.2, 0.25) is 0 Å². The van der Waals surface area contributed by atoms with Crippen molar-refractivity contribution in [2.24, 2.45) is 0 Å². The van der Waals surface area contributed by atoms with Gasteiger partial charge in [-0.15, -0.1) is 0 Å². The van der Waals surface area contributed by atoms with Crippen molar-refractivity contribution >= 4 is 36.7 Å². The Morgan fingerprint density at radius 3 is 1.62 bits per heavy atom. The summed E-state index contributed by atoms with van der Waals surface area (Å²) in [6.45, 7) is 4.88. The summed E-state index contributed by atoms with van der Waals surface area (Å²) in [4.78, 5) is 0. The van der Waals surface area contributed by atoms with E-state index >= 15 is 0 Å². The van der Waals surface area contributed by atoms with Crippen LogP contribution >= 0.6 is 20.8 Å². The van der Waals surface area contributed by atoms with E-state index in [0.29, 0.717) is 6.61 Å². The van der Waals surface area contributed by atoms with Gasteiger partial charge in [-0.05, 0) is 0 Å². The van der Waals surface area contributed by atoms with Crippen LogP contribution in [0.2, 0.25) is 0 Å². The number of rotatable bonds is 7. The molecule has 4 rings (SSSR count). The molecule has 166 valence electrons. The monoisotopic (exact) mass is 506 g/mol. The van der Waals surface area contributed by atoms with Gasteiger partial charge in [0.1, 0.15) is 0 Å². The second kappa shape index (κ2) is 9.77. The maximum atomic E-state index is 6.55. The van der Waals surface area contributed by atoms with Crippen molar-refractivity contribution in [1.82, 2.24) is 0 Å². The van der Waals surface area contributed by atoms with Gasteiger partial charge in [0, 0.05) is 0 Å². The normalized spacial score (nSPS) is 15.5. The Hall–Kier alpha value is -2.15. The molecule has 32 heavy (non-hydrogen) atoms. The third-order valence-electron chi connectivity index (χ3n) is 6.37. The van der Waals surface area contributed by atoms with Crippen molar-refractivity contribution in [1.29, 1.82) is 0 Å². The molecule has 3 aromatic rings. The van der Waals surface area contributed by atoms with E-state index in [4.69, 9.17) is 4.74 Å². The molecule has 0 amide bonds. The molecule has 0 spiro atoms. The molecule has 0 N–H and O–H groups in total. The molecular weight excluding hydrogens is 475 g/mol.